The Hall–Kier alpha value is -3.57. The third-order valence-electron chi connectivity index (χ3n) is 21.6. The summed E-state index contributed by atoms with van der Waals surface area (Å²) < 4.78 is 11.1. The molecular weight excluding hydrogens is 2390 g/mol. The van der Waals surface area contributed by atoms with E-state index in [1.165, 1.54) is 0 Å². The molecule has 0 fully saturated rings. The van der Waals surface area contributed by atoms with Crippen molar-refractivity contribution in [2.24, 2.45) is 64.1 Å². The van der Waals surface area contributed by atoms with E-state index in [0.717, 1.165) is 131 Å². The number of hydrogen-bond acceptors (Lipinski definition) is 21. The largest absolute Gasteiger partial charge is 0.444 e. The molecule has 40 heteroatoms. The van der Waals surface area contributed by atoms with E-state index < -0.39 is 41.9 Å². The van der Waals surface area contributed by atoms with Crippen LogP contribution in [0.5, 0.6) is 0 Å². The maximum atomic E-state index is 12.6. The Morgan fingerprint density at radius 3 is 0.800 bits per heavy atom. The fourth-order valence-electron chi connectivity index (χ4n) is 13.2. The van der Waals surface area contributed by atoms with E-state index in [4.69, 9.17) is 39.2 Å². The number of nitrogens with one attached hydrogen (secondary N) is 12. The van der Waals surface area contributed by atoms with Crippen LogP contribution in [0.2, 0.25) is 0 Å². The highest BCUT2D eigenvalue weighted by atomic mass is 127. The predicted molar refractivity (Wildman–Crippen MR) is 572 cm³/mol. The standard InChI is InChI=1S/C50H83I3N6O8.C40H71I3N12O6.2ClH/c1-34(42(60)25-19-31-58-48(65)40-32-39(51)33-41(52)43(40)53)20-9-14-26-54-44(61)35(2)21-10-15-27-55-45(62)36(3)22-11-16-28-56-46(63)37(4)23-12-17-29-57-47(64)38(5)24-13-18-30-59-49(66)67-50(6,7)8;41-26-24-27(35(43)28(42)25-26)36(57)50-22-11-17-34(56)29(44)12-1-6-18-51-37(58)30(45)13-2-7-19-52-38(59)31(46)14-3-8-20-53-39(60)32(47)15-4-9-21-54-40(61)33(48)16-5-10-23-55-49;;/h32-38H,9-31H2,1-8H3,(H,54,61)(H,55,62)(H,56,63)(H,57,64)(H,58,65)(H,59,66);24-25,29-33,55H,1-23,44-49H2,(H,50,57)(H,51,58)(H,52,59)(H,53,60)(H,54,61);2*1H/t34-,35-,36-,37-,38-;29-,30-,31-,32-,33-;;/m00../s1. The number of hydrazine groups is 1. The lowest BCUT2D eigenvalue weighted by atomic mass is 9.96. The van der Waals surface area contributed by atoms with Gasteiger partial charge in [0.1, 0.15) is 17.2 Å². The first kappa shape index (κ1) is 128. The molecule has 2 rings (SSSR count). The fourth-order valence-corrected chi connectivity index (χ4v) is 18.0. The Kier molecular flexibility index (Phi) is 76.5. The summed E-state index contributed by atoms with van der Waals surface area (Å²) >= 11 is 13.2. The molecule has 0 saturated carbocycles. The van der Waals surface area contributed by atoms with E-state index in [2.05, 4.69) is 199 Å². The van der Waals surface area contributed by atoms with Crippen molar-refractivity contribution in [3.05, 3.63) is 56.8 Å². The van der Waals surface area contributed by atoms with Crippen molar-refractivity contribution < 1.29 is 67.1 Å². The topological polar surface area (TPSA) is 532 Å². The first-order valence-corrected chi connectivity index (χ1v) is 52.5. The van der Waals surface area contributed by atoms with Gasteiger partial charge in [0.25, 0.3) is 11.8 Å². The van der Waals surface area contributed by atoms with Crippen LogP contribution >= 0.6 is 160 Å². The van der Waals surface area contributed by atoms with Gasteiger partial charge < -0.3 is 91.9 Å². The summed E-state index contributed by atoms with van der Waals surface area (Å²) in [5, 5.41) is 32.0. The summed E-state index contributed by atoms with van der Waals surface area (Å²) in [5.74, 6) is 3.81. The zero-order valence-corrected chi connectivity index (χ0v) is 92.5. The quantitative estimate of drug-likeness (QED) is 0.00961. The number of ketones is 2. The van der Waals surface area contributed by atoms with Crippen LogP contribution in [0.15, 0.2) is 24.3 Å². The normalized spacial score (nSPS) is 13.4. The maximum absolute atomic E-state index is 12.6. The summed E-state index contributed by atoms with van der Waals surface area (Å²) in [6.45, 7) is 21.2. The molecule has 0 aliphatic heterocycles. The number of unbranched alkanes of at least 4 members (excludes halogenated alkanes) is 10. The summed E-state index contributed by atoms with van der Waals surface area (Å²) in [6.07, 6.45) is 22.9. The van der Waals surface area contributed by atoms with Gasteiger partial charge in [0.2, 0.25) is 47.3 Å². The molecule has 11 amide bonds. The molecule has 0 bridgehead atoms. The van der Waals surface area contributed by atoms with Gasteiger partial charge in [0, 0.05) is 142 Å². The van der Waals surface area contributed by atoms with Crippen LogP contribution < -0.4 is 98.4 Å². The second kappa shape index (κ2) is 77.4. The Morgan fingerprint density at radius 2 is 0.523 bits per heavy atom. The van der Waals surface area contributed by atoms with Gasteiger partial charge >= 0.3 is 6.09 Å². The number of benzene rings is 2. The molecule has 0 aromatic heterocycles. The summed E-state index contributed by atoms with van der Waals surface area (Å²) in [4.78, 5) is 162. The molecule has 24 N–H and O–H groups in total. The Labute approximate surface area is 868 Å². The minimum Gasteiger partial charge on any atom is -0.444 e. The summed E-state index contributed by atoms with van der Waals surface area (Å²) in [6, 6.07) is 4.65. The lowest BCUT2D eigenvalue weighted by molar-refractivity contribution is -0.125. The summed E-state index contributed by atoms with van der Waals surface area (Å²) in [5.41, 5.74) is 33.5. The van der Waals surface area contributed by atoms with Crippen LogP contribution in [-0.4, -0.2) is 191 Å². The molecule has 0 aliphatic rings. The molecule has 746 valence electrons. The number of hydrogen-bond donors (Lipinski definition) is 18. The predicted octanol–water partition coefficient (Wildman–Crippen LogP) is 11.4. The van der Waals surface area contributed by atoms with Gasteiger partial charge in [-0.05, 0) is 348 Å². The number of carbonyl (C=O) groups excluding carboxylic acids is 13. The van der Waals surface area contributed by atoms with E-state index >= 15 is 0 Å². The molecule has 0 saturated heterocycles. The van der Waals surface area contributed by atoms with Crippen LogP contribution in [0.25, 0.3) is 0 Å². The highest BCUT2D eigenvalue weighted by Crippen LogP contribution is 2.25. The fraction of sp³-hybridized carbons (Fsp3) is 0.722. The number of halogens is 8. The Balaban J connectivity index is 0. The van der Waals surface area contributed by atoms with E-state index in [-0.39, 0.29) is 131 Å². The average Bonchev–Trinajstić information content (AvgIpc) is 0.838. The number of ether oxygens (including phenoxy) is 1. The molecule has 0 unspecified atom stereocenters. The molecule has 0 spiro atoms. The van der Waals surface area contributed by atoms with Gasteiger partial charge in [-0.2, -0.15) is 0 Å². The molecule has 130 heavy (non-hydrogen) atoms. The van der Waals surface area contributed by atoms with Gasteiger partial charge in [0.05, 0.1) is 41.3 Å². The van der Waals surface area contributed by atoms with Crippen LogP contribution in [0.4, 0.5) is 4.79 Å². The lowest BCUT2D eigenvalue weighted by Gasteiger charge is -2.19. The van der Waals surface area contributed by atoms with Gasteiger partial charge in [-0.15, -0.1) is 24.8 Å². The van der Waals surface area contributed by atoms with E-state index in [0.29, 0.717) is 192 Å². The number of amides is 11. The number of rotatable bonds is 70. The van der Waals surface area contributed by atoms with Crippen molar-refractivity contribution in [2.75, 3.05) is 78.5 Å². The molecule has 2 aromatic rings. The van der Waals surface area contributed by atoms with Crippen molar-refractivity contribution >= 4 is 237 Å². The highest BCUT2D eigenvalue weighted by Gasteiger charge is 2.24. The molecule has 32 nitrogen and oxygen atoms in total. The van der Waals surface area contributed by atoms with Crippen molar-refractivity contribution in [1.82, 2.24) is 63.9 Å². The second-order valence-electron chi connectivity index (χ2n) is 34.4. The number of Topliss-reactive ketones (excluding diaryl/α,β-unsaturated/α-hetero) is 2. The van der Waals surface area contributed by atoms with Crippen LogP contribution in [0.1, 0.15) is 294 Å². The van der Waals surface area contributed by atoms with Gasteiger partial charge in [-0.25, -0.2) is 4.79 Å². The van der Waals surface area contributed by atoms with Crippen molar-refractivity contribution in [3.63, 3.8) is 0 Å². The molecule has 0 aliphatic carbocycles. The maximum Gasteiger partial charge on any atom is 0.407 e. The molecule has 0 radical (unpaired) electrons. The van der Waals surface area contributed by atoms with Gasteiger partial charge in [0.15, 0.2) is 0 Å². The number of alkyl carbamates (subject to hydrolysis) is 1. The SMILES string of the molecule is C[C@@H](CCCCNC(=O)[C@@H](C)CCCCNC(=O)[C@@H](C)CCCCNC(=O)[C@@H](C)CCCCNC(=O)[C@@H](C)CCCCNC(=O)OC(C)(C)C)C(=O)CCCNC(=O)c1cc(I)cc(I)c1I.Cl.Cl.NNCCCC[C@H](N)C(=O)NCCCC[C@H](N)C(=O)NCCCC[C@H](N)C(=O)NCCCC[C@H](N)C(=O)NCCCC[C@H](N)C(=O)CCCNC(=O)c1cc(I)cc(I)c1I. The van der Waals surface area contributed by atoms with E-state index in [9.17, 15) is 62.3 Å². The van der Waals surface area contributed by atoms with Gasteiger partial charge in [-0.1, -0.05) is 73.1 Å². The minimum absolute atomic E-state index is 0. The van der Waals surface area contributed by atoms with Crippen LogP contribution in [0, 0.1) is 51.0 Å². The first-order valence-electron chi connectivity index (χ1n) is 46.0. The third-order valence-corrected chi connectivity index (χ3v) is 28.9. The lowest BCUT2D eigenvalue weighted by Crippen LogP contribution is -2.42. The summed E-state index contributed by atoms with van der Waals surface area (Å²) in [7, 11) is 0. The third kappa shape index (κ3) is 63.0. The van der Waals surface area contributed by atoms with Gasteiger partial charge in [-0.3, -0.25) is 68.8 Å². The van der Waals surface area contributed by atoms with Crippen molar-refractivity contribution in [2.45, 2.75) is 310 Å². The van der Waals surface area contributed by atoms with Crippen molar-refractivity contribution in [1.29, 1.82) is 0 Å². The zero-order valence-electron chi connectivity index (χ0n) is 77.9. The van der Waals surface area contributed by atoms with Crippen LogP contribution in [0.3, 0.4) is 0 Å². The Bertz CT molecular complexity index is 3660. The van der Waals surface area contributed by atoms with E-state index in [1.807, 2.05) is 79.7 Å². The molecule has 2 aromatic carbocycles. The zero-order chi connectivity index (χ0) is 95.9. The molecular formula is C90H156Cl2I6N18O14. The Morgan fingerprint density at radius 1 is 0.292 bits per heavy atom. The van der Waals surface area contributed by atoms with Crippen molar-refractivity contribution in [3.8, 4) is 0 Å². The average molecular weight is 2550 g/mol. The monoisotopic (exact) mass is 2540 g/mol. The van der Waals surface area contributed by atoms with E-state index in [1.54, 1.807) is 0 Å². The minimum atomic E-state index is -0.667. The molecule has 10 atom stereocenters. The second-order valence-corrected chi connectivity index (χ2v) is 41.3. The first-order chi connectivity index (χ1) is 60.7. The number of carbonyl (C=O) groups is 13. The van der Waals surface area contributed by atoms with Crippen LogP contribution in [-0.2, 0) is 52.7 Å². The number of nitrogens with two attached hydrogens (primary N) is 6. The smallest absolute Gasteiger partial charge is 0.407 e. The molecule has 0 heterocycles. The highest BCUT2D eigenvalue weighted by molar-refractivity contribution is 14.1.